The third-order valence-corrected chi connectivity index (χ3v) is 7.61. The quantitative estimate of drug-likeness (QED) is 0.0953. The molecule has 0 saturated carbocycles. The van der Waals surface area contributed by atoms with Crippen LogP contribution in [0.15, 0.2) is 34.6 Å². The molecule has 0 spiro atoms. The van der Waals surface area contributed by atoms with Crippen LogP contribution in [0, 0.1) is 0 Å². The molecule has 0 unspecified atom stereocenters. The van der Waals surface area contributed by atoms with Crippen LogP contribution < -0.4 is 0 Å². The Kier molecular flexibility index (Phi) is 17.5. The highest BCUT2D eigenvalue weighted by Crippen LogP contribution is 2.31. The Morgan fingerprint density at radius 3 is 1.05 bits per heavy atom. The number of nitrogens with zero attached hydrogens (tertiary/aromatic N) is 2. The molecule has 0 N–H and O–H groups in total. The van der Waals surface area contributed by atoms with Crippen molar-refractivity contribution in [2.75, 3.05) is 13.2 Å². The fourth-order valence-corrected chi connectivity index (χ4v) is 5.59. The van der Waals surface area contributed by atoms with Gasteiger partial charge in [-0.15, -0.1) is 0 Å². The van der Waals surface area contributed by atoms with Crippen LogP contribution in [0.1, 0.15) is 66.5 Å². The highest BCUT2D eigenvalue weighted by molar-refractivity contribution is 5.93. The first-order valence-corrected chi connectivity index (χ1v) is 17.4. The molecule has 2 aliphatic heterocycles. The summed E-state index contributed by atoms with van der Waals surface area (Å²) in [6, 6.07) is 6.42. The normalized spacial score (nSPS) is 26.7. The number of benzene rings is 1. The lowest BCUT2D eigenvalue weighted by molar-refractivity contribution is -0.308. The van der Waals surface area contributed by atoms with Gasteiger partial charge in [-0.3, -0.25) is 38.4 Å². The highest BCUT2D eigenvalue weighted by Gasteiger charge is 2.55. The van der Waals surface area contributed by atoms with Crippen molar-refractivity contribution in [3.05, 3.63) is 35.4 Å². The summed E-state index contributed by atoms with van der Waals surface area (Å²) >= 11 is 0. The monoisotopic (exact) mass is 824 g/mol. The summed E-state index contributed by atoms with van der Waals surface area (Å²) < 4.78 is 54.0. The van der Waals surface area contributed by atoms with E-state index in [9.17, 15) is 38.4 Å². The van der Waals surface area contributed by atoms with E-state index in [4.69, 9.17) is 57.0 Å². The average molecular weight is 825 g/mol. The van der Waals surface area contributed by atoms with E-state index in [0.717, 1.165) is 55.4 Å². The number of oxime groups is 2. The van der Waals surface area contributed by atoms with Crippen molar-refractivity contribution in [3.63, 3.8) is 0 Å². The zero-order valence-corrected chi connectivity index (χ0v) is 32.7. The van der Waals surface area contributed by atoms with Crippen molar-refractivity contribution in [1.82, 2.24) is 0 Å². The van der Waals surface area contributed by atoms with Gasteiger partial charge in [0.15, 0.2) is 24.4 Å². The molecule has 2 heterocycles. The molecule has 22 heteroatoms. The SMILES string of the molecule is CC(=O)OC[C@H]1O[C@@H](O/N=C/c2ccccc2/C=N/O[C@@H]2O[C@H](COC(C)=O)[C@@H](OC(C)=O)[C@H](OC(C)=O)[C@H]2OC(C)=O)[C@H](OC(C)=O)[C@@H](OC(C)=O)[C@@H]1OC(C)=O. The van der Waals surface area contributed by atoms with E-state index in [2.05, 4.69) is 10.3 Å². The fraction of sp³-hybridized carbons (Fsp3) is 0.556. The predicted octanol–water partition coefficient (Wildman–Crippen LogP) is 0.554. The molecule has 2 fully saturated rings. The standard InChI is InChI=1S/C36H44N2O20/c1-17(39)47-15-27-29(49-19(3)41)31(51-21(5)43)33(53-23(7)45)35(55-27)57-37-13-25-11-9-10-12-26(25)14-38-58-36-34(54-24(8)46)32(52-22(6)44)30(50-20(4)42)28(56-36)16-48-18(2)40/h9-14,27-36H,15-16H2,1-8H3/b37-13+,38-14+/t27-,28-,29-,30-,31+,32+,33-,34-,35+,36+/m1/s1. The molecule has 0 aromatic heterocycles. The first kappa shape index (κ1) is 46.2. The van der Waals surface area contributed by atoms with Crippen LogP contribution in [0.4, 0.5) is 0 Å². The van der Waals surface area contributed by atoms with Crippen LogP contribution in [0.3, 0.4) is 0 Å². The van der Waals surface area contributed by atoms with Gasteiger partial charge in [-0.2, -0.15) is 0 Å². The fourth-order valence-electron chi connectivity index (χ4n) is 5.59. The molecule has 0 radical (unpaired) electrons. The number of rotatable bonds is 16. The summed E-state index contributed by atoms with van der Waals surface area (Å²) in [5.74, 6) is -6.40. The Morgan fingerprint density at radius 2 is 0.759 bits per heavy atom. The lowest BCUT2D eigenvalue weighted by atomic mass is 9.98. The lowest BCUT2D eigenvalue weighted by Crippen LogP contribution is -2.62. The number of esters is 8. The van der Waals surface area contributed by atoms with E-state index in [1.165, 1.54) is 12.4 Å². The Morgan fingerprint density at radius 1 is 0.466 bits per heavy atom. The molecule has 3 rings (SSSR count). The number of carbonyl (C=O) groups is 8. The smallest absolute Gasteiger partial charge is 0.303 e. The zero-order chi connectivity index (χ0) is 43.1. The van der Waals surface area contributed by atoms with Crippen molar-refractivity contribution in [2.45, 2.75) is 117 Å². The number of carbonyl (C=O) groups excluding carboxylic acids is 8. The summed E-state index contributed by atoms with van der Waals surface area (Å²) in [4.78, 5) is 107. The minimum Gasteiger partial charge on any atom is -0.463 e. The molecule has 2 saturated heterocycles. The maximum Gasteiger partial charge on any atom is 0.303 e. The molecule has 1 aromatic rings. The number of ether oxygens (including phenoxy) is 10. The Bertz CT molecular complexity index is 1610. The van der Waals surface area contributed by atoms with Gasteiger partial charge in [0, 0.05) is 66.5 Å². The molecule has 58 heavy (non-hydrogen) atoms. The van der Waals surface area contributed by atoms with Gasteiger partial charge in [-0.25, -0.2) is 0 Å². The molecule has 10 atom stereocenters. The largest absolute Gasteiger partial charge is 0.463 e. The summed E-state index contributed by atoms with van der Waals surface area (Å²) in [5, 5.41) is 7.91. The van der Waals surface area contributed by atoms with Gasteiger partial charge in [-0.05, 0) is 0 Å². The molecule has 318 valence electrons. The van der Waals surface area contributed by atoms with Crippen LogP contribution in [-0.4, -0.2) is 135 Å². The van der Waals surface area contributed by atoms with Gasteiger partial charge in [-0.1, -0.05) is 34.6 Å². The van der Waals surface area contributed by atoms with Crippen molar-refractivity contribution in [1.29, 1.82) is 0 Å². The molecule has 1 aromatic carbocycles. The third kappa shape index (κ3) is 14.4. The summed E-state index contributed by atoms with van der Waals surface area (Å²) in [6.45, 7) is 7.71. The van der Waals surface area contributed by atoms with Gasteiger partial charge in [0.25, 0.3) is 12.6 Å². The molecule has 0 bridgehead atoms. The van der Waals surface area contributed by atoms with E-state index in [1.54, 1.807) is 24.3 Å². The maximum atomic E-state index is 12.1. The second-order valence-corrected chi connectivity index (χ2v) is 12.4. The maximum absolute atomic E-state index is 12.1. The number of hydrogen-bond donors (Lipinski definition) is 0. The number of hydrogen-bond acceptors (Lipinski definition) is 22. The Balaban J connectivity index is 1.92. The first-order chi connectivity index (χ1) is 27.4. The molecular formula is C36H44N2O20. The van der Waals surface area contributed by atoms with E-state index in [1.807, 2.05) is 0 Å². The van der Waals surface area contributed by atoms with Gasteiger partial charge >= 0.3 is 47.8 Å². The van der Waals surface area contributed by atoms with Gasteiger partial charge in [0.2, 0.25) is 12.2 Å². The molecule has 2 aliphatic rings. The Hall–Kier alpha value is -6.16. The van der Waals surface area contributed by atoms with Gasteiger partial charge < -0.3 is 57.0 Å². The van der Waals surface area contributed by atoms with E-state index in [-0.39, 0.29) is 0 Å². The third-order valence-electron chi connectivity index (χ3n) is 7.61. The molecule has 0 aliphatic carbocycles. The summed E-state index contributed by atoms with van der Waals surface area (Å²) in [6.07, 6.45) is -12.3. The molecular weight excluding hydrogens is 780 g/mol. The van der Waals surface area contributed by atoms with E-state index < -0.39 is 122 Å². The summed E-state index contributed by atoms with van der Waals surface area (Å²) in [7, 11) is 0. The lowest BCUT2D eigenvalue weighted by Gasteiger charge is -2.42. The zero-order valence-electron chi connectivity index (χ0n) is 32.7. The van der Waals surface area contributed by atoms with E-state index in [0.29, 0.717) is 11.1 Å². The second-order valence-electron chi connectivity index (χ2n) is 12.4. The van der Waals surface area contributed by atoms with E-state index >= 15 is 0 Å². The topological polar surface area (TPSA) is 272 Å². The minimum absolute atomic E-state index is 0.335. The van der Waals surface area contributed by atoms with Crippen molar-refractivity contribution in [2.24, 2.45) is 10.3 Å². The molecule has 0 amide bonds. The van der Waals surface area contributed by atoms with Crippen LogP contribution in [0.5, 0.6) is 0 Å². The second kappa shape index (κ2) is 22.0. The average Bonchev–Trinajstić information content (AvgIpc) is 3.10. The minimum atomic E-state index is -1.61. The first-order valence-electron chi connectivity index (χ1n) is 17.4. The predicted molar refractivity (Wildman–Crippen MR) is 188 cm³/mol. The van der Waals surface area contributed by atoms with Gasteiger partial charge in [0.05, 0.1) is 12.4 Å². The summed E-state index contributed by atoms with van der Waals surface area (Å²) in [5.41, 5.74) is 0.670. The van der Waals surface area contributed by atoms with Crippen molar-refractivity contribution >= 4 is 60.2 Å². The van der Waals surface area contributed by atoms with Crippen LogP contribution in [-0.2, 0) is 95.4 Å². The van der Waals surface area contributed by atoms with Crippen LogP contribution in [0.25, 0.3) is 0 Å². The highest BCUT2D eigenvalue weighted by atomic mass is 16.8. The van der Waals surface area contributed by atoms with Gasteiger partial charge in [0.1, 0.15) is 25.4 Å². The van der Waals surface area contributed by atoms with Crippen molar-refractivity contribution < 1.29 is 95.4 Å². The molecule has 22 nitrogen and oxygen atoms in total. The van der Waals surface area contributed by atoms with Crippen LogP contribution >= 0.6 is 0 Å². The van der Waals surface area contributed by atoms with Crippen molar-refractivity contribution in [3.8, 4) is 0 Å². The van der Waals surface area contributed by atoms with Crippen LogP contribution in [0.2, 0.25) is 0 Å². The Labute approximate surface area is 331 Å².